The first-order valence-corrected chi connectivity index (χ1v) is 7.71. The number of para-hydroxylation sites is 1. The maximum Gasteiger partial charge on any atom is 0.253 e. The lowest BCUT2D eigenvalue weighted by Gasteiger charge is -2.06. The molecule has 1 aromatic carbocycles. The SMILES string of the molecule is O=C(NCc1ccc(Br)s1)c1cccc2cccnc12. The summed E-state index contributed by atoms with van der Waals surface area (Å²) in [4.78, 5) is 17.7. The molecule has 2 heterocycles. The third kappa shape index (κ3) is 2.73. The number of carbonyl (C=O) groups is 1. The van der Waals surface area contributed by atoms with Crippen molar-refractivity contribution in [3.8, 4) is 0 Å². The second-order valence-electron chi connectivity index (χ2n) is 4.27. The van der Waals surface area contributed by atoms with E-state index in [1.54, 1.807) is 23.6 Å². The Bertz CT molecular complexity index is 764. The summed E-state index contributed by atoms with van der Waals surface area (Å²) >= 11 is 5.03. The molecule has 0 saturated carbocycles. The van der Waals surface area contributed by atoms with Gasteiger partial charge in [-0.1, -0.05) is 18.2 Å². The molecule has 0 atom stereocenters. The van der Waals surface area contributed by atoms with E-state index in [2.05, 4.69) is 26.2 Å². The van der Waals surface area contributed by atoms with Crippen LogP contribution in [0.4, 0.5) is 0 Å². The standard InChI is InChI=1S/C15H11BrN2OS/c16-13-7-6-11(20-13)9-18-15(19)12-5-1-3-10-4-2-8-17-14(10)12/h1-8H,9H2,(H,18,19). The highest BCUT2D eigenvalue weighted by atomic mass is 79.9. The average molecular weight is 347 g/mol. The third-order valence-electron chi connectivity index (χ3n) is 2.93. The molecular weight excluding hydrogens is 336 g/mol. The smallest absolute Gasteiger partial charge is 0.253 e. The molecule has 0 radical (unpaired) electrons. The molecule has 1 amide bonds. The summed E-state index contributed by atoms with van der Waals surface area (Å²) in [5, 5.41) is 3.90. The highest BCUT2D eigenvalue weighted by molar-refractivity contribution is 9.11. The zero-order chi connectivity index (χ0) is 13.9. The molecule has 2 aromatic heterocycles. The van der Waals surface area contributed by atoms with Crippen LogP contribution in [-0.2, 0) is 6.54 Å². The van der Waals surface area contributed by atoms with Crippen molar-refractivity contribution < 1.29 is 4.79 Å². The molecule has 100 valence electrons. The van der Waals surface area contributed by atoms with Crippen LogP contribution in [0.5, 0.6) is 0 Å². The predicted molar refractivity (Wildman–Crippen MR) is 84.9 cm³/mol. The van der Waals surface area contributed by atoms with E-state index in [1.807, 2.05) is 36.4 Å². The Labute approximate surface area is 128 Å². The van der Waals surface area contributed by atoms with Gasteiger partial charge in [0.05, 0.1) is 21.4 Å². The Morgan fingerprint density at radius 2 is 2.05 bits per heavy atom. The maximum absolute atomic E-state index is 12.3. The molecule has 0 unspecified atom stereocenters. The number of pyridine rings is 1. The highest BCUT2D eigenvalue weighted by Gasteiger charge is 2.10. The van der Waals surface area contributed by atoms with E-state index in [-0.39, 0.29) is 5.91 Å². The van der Waals surface area contributed by atoms with Crippen LogP contribution in [0.1, 0.15) is 15.2 Å². The monoisotopic (exact) mass is 346 g/mol. The van der Waals surface area contributed by atoms with Crippen LogP contribution < -0.4 is 5.32 Å². The summed E-state index contributed by atoms with van der Waals surface area (Å²) < 4.78 is 1.06. The van der Waals surface area contributed by atoms with E-state index in [1.165, 1.54) is 0 Å². The molecular formula is C15H11BrN2OS. The number of nitrogens with one attached hydrogen (secondary N) is 1. The second kappa shape index (κ2) is 5.73. The van der Waals surface area contributed by atoms with Crippen LogP contribution in [-0.4, -0.2) is 10.9 Å². The minimum atomic E-state index is -0.0983. The first-order valence-electron chi connectivity index (χ1n) is 6.10. The van der Waals surface area contributed by atoms with Crippen LogP contribution in [0, 0.1) is 0 Å². The fraction of sp³-hybridized carbons (Fsp3) is 0.0667. The minimum Gasteiger partial charge on any atom is -0.347 e. The minimum absolute atomic E-state index is 0.0983. The molecule has 20 heavy (non-hydrogen) atoms. The molecule has 0 aliphatic heterocycles. The Morgan fingerprint density at radius 3 is 2.85 bits per heavy atom. The van der Waals surface area contributed by atoms with E-state index >= 15 is 0 Å². The van der Waals surface area contributed by atoms with Gasteiger partial charge in [-0.05, 0) is 40.2 Å². The van der Waals surface area contributed by atoms with Gasteiger partial charge >= 0.3 is 0 Å². The number of nitrogens with zero attached hydrogens (tertiary/aromatic N) is 1. The van der Waals surface area contributed by atoms with Crippen molar-refractivity contribution in [3.05, 3.63) is 62.9 Å². The largest absolute Gasteiger partial charge is 0.347 e. The molecule has 0 saturated heterocycles. The number of amides is 1. The van der Waals surface area contributed by atoms with Gasteiger partial charge < -0.3 is 5.32 Å². The van der Waals surface area contributed by atoms with E-state index in [0.717, 1.165) is 19.6 Å². The number of rotatable bonds is 3. The van der Waals surface area contributed by atoms with E-state index < -0.39 is 0 Å². The average Bonchev–Trinajstić information content (AvgIpc) is 2.90. The topological polar surface area (TPSA) is 42.0 Å². The fourth-order valence-corrected chi connectivity index (χ4v) is 3.42. The molecule has 0 aliphatic rings. The summed E-state index contributed by atoms with van der Waals surface area (Å²) in [6, 6.07) is 13.4. The molecule has 3 nitrogen and oxygen atoms in total. The molecule has 0 spiro atoms. The number of hydrogen-bond acceptors (Lipinski definition) is 3. The number of fused-ring (bicyclic) bond motifs is 1. The lowest BCUT2D eigenvalue weighted by atomic mass is 10.1. The Balaban J connectivity index is 1.82. The van der Waals surface area contributed by atoms with Crippen molar-refractivity contribution >= 4 is 44.1 Å². The van der Waals surface area contributed by atoms with Crippen molar-refractivity contribution in [2.45, 2.75) is 6.54 Å². The first-order chi connectivity index (χ1) is 9.74. The summed E-state index contributed by atoms with van der Waals surface area (Å²) in [6.45, 7) is 0.526. The summed E-state index contributed by atoms with van der Waals surface area (Å²) in [7, 11) is 0. The van der Waals surface area contributed by atoms with Gasteiger partial charge in [0.1, 0.15) is 0 Å². The number of benzene rings is 1. The number of hydrogen-bond donors (Lipinski definition) is 1. The van der Waals surface area contributed by atoms with E-state index in [0.29, 0.717) is 12.1 Å². The van der Waals surface area contributed by atoms with Gasteiger partial charge in [0, 0.05) is 16.5 Å². The van der Waals surface area contributed by atoms with Crippen LogP contribution in [0.3, 0.4) is 0 Å². The molecule has 3 aromatic rings. The summed E-state index contributed by atoms with van der Waals surface area (Å²) in [5.74, 6) is -0.0983. The summed E-state index contributed by atoms with van der Waals surface area (Å²) in [6.07, 6.45) is 1.70. The van der Waals surface area contributed by atoms with Gasteiger partial charge in [0.15, 0.2) is 0 Å². The van der Waals surface area contributed by atoms with Gasteiger partial charge in [-0.2, -0.15) is 0 Å². The van der Waals surface area contributed by atoms with Crippen molar-refractivity contribution in [1.29, 1.82) is 0 Å². The Kier molecular flexibility index (Phi) is 3.80. The Morgan fingerprint density at radius 1 is 1.20 bits per heavy atom. The number of carbonyl (C=O) groups excluding carboxylic acids is 1. The van der Waals surface area contributed by atoms with Crippen LogP contribution >= 0.6 is 27.3 Å². The zero-order valence-corrected chi connectivity index (χ0v) is 12.9. The predicted octanol–water partition coefficient (Wildman–Crippen LogP) is 3.99. The molecule has 5 heteroatoms. The number of halogens is 1. The van der Waals surface area contributed by atoms with Crippen molar-refractivity contribution in [1.82, 2.24) is 10.3 Å². The van der Waals surface area contributed by atoms with Gasteiger partial charge in [0.2, 0.25) is 0 Å². The highest BCUT2D eigenvalue weighted by Crippen LogP contribution is 2.22. The number of aromatic nitrogens is 1. The van der Waals surface area contributed by atoms with Crippen molar-refractivity contribution in [3.63, 3.8) is 0 Å². The fourth-order valence-electron chi connectivity index (χ4n) is 2.00. The molecule has 1 N–H and O–H groups in total. The molecule has 3 rings (SSSR count). The van der Waals surface area contributed by atoms with Crippen LogP contribution in [0.15, 0.2) is 52.4 Å². The normalized spacial score (nSPS) is 10.7. The van der Waals surface area contributed by atoms with Gasteiger partial charge in [0.25, 0.3) is 5.91 Å². The van der Waals surface area contributed by atoms with Crippen LogP contribution in [0.2, 0.25) is 0 Å². The first kappa shape index (κ1) is 13.3. The maximum atomic E-state index is 12.3. The molecule has 0 bridgehead atoms. The Hall–Kier alpha value is -1.72. The van der Waals surface area contributed by atoms with E-state index in [9.17, 15) is 4.79 Å². The van der Waals surface area contributed by atoms with E-state index in [4.69, 9.17) is 0 Å². The third-order valence-corrected chi connectivity index (χ3v) is 4.55. The summed E-state index contributed by atoms with van der Waals surface area (Å²) in [5.41, 5.74) is 1.35. The lowest BCUT2D eigenvalue weighted by Crippen LogP contribution is -2.22. The van der Waals surface area contributed by atoms with Gasteiger partial charge in [-0.25, -0.2) is 0 Å². The zero-order valence-electron chi connectivity index (χ0n) is 10.5. The quantitative estimate of drug-likeness (QED) is 0.778. The van der Waals surface area contributed by atoms with Gasteiger partial charge in [-0.15, -0.1) is 11.3 Å². The van der Waals surface area contributed by atoms with Crippen LogP contribution in [0.25, 0.3) is 10.9 Å². The number of thiophene rings is 1. The lowest BCUT2D eigenvalue weighted by molar-refractivity contribution is 0.0953. The van der Waals surface area contributed by atoms with Crippen molar-refractivity contribution in [2.24, 2.45) is 0 Å². The molecule has 0 aliphatic carbocycles. The second-order valence-corrected chi connectivity index (χ2v) is 6.82. The molecule has 0 fully saturated rings. The van der Waals surface area contributed by atoms with Gasteiger partial charge in [-0.3, -0.25) is 9.78 Å². The van der Waals surface area contributed by atoms with Crippen molar-refractivity contribution in [2.75, 3.05) is 0 Å².